The number of nitrogens with one attached hydrogen (secondary N) is 1. The minimum Gasteiger partial charge on any atom is -0.478 e. The van der Waals surface area contributed by atoms with Crippen LogP contribution in [-0.2, 0) is 11.3 Å². The summed E-state index contributed by atoms with van der Waals surface area (Å²) in [6, 6.07) is 14.4. The van der Waals surface area contributed by atoms with Gasteiger partial charge in [-0.3, -0.25) is 9.69 Å². The van der Waals surface area contributed by atoms with Gasteiger partial charge in [0.25, 0.3) is 5.91 Å². The Morgan fingerprint density at radius 3 is 2.59 bits per heavy atom. The van der Waals surface area contributed by atoms with Crippen LogP contribution < -0.4 is 10.1 Å². The van der Waals surface area contributed by atoms with Crippen molar-refractivity contribution in [3.05, 3.63) is 58.6 Å². The SMILES string of the molecule is CCC1Oc2ccc(CN3CCC(c4ccc(Cl)cc4)CC3)cc2NC1=O. The largest absolute Gasteiger partial charge is 0.478 e. The van der Waals surface area contributed by atoms with Gasteiger partial charge in [0.1, 0.15) is 5.75 Å². The van der Waals surface area contributed by atoms with Crippen LogP contribution in [-0.4, -0.2) is 30.0 Å². The van der Waals surface area contributed by atoms with Crippen molar-refractivity contribution in [1.29, 1.82) is 0 Å². The first-order chi connectivity index (χ1) is 13.1. The van der Waals surface area contributed by atoms with Crippen molar-refractivity contribution in [2.75, 3.05) is 18.4 Å². The van der Waals surface area contributed by atoms with Gasteiger partial charge < -0.3 is 10.1 Å². The smallest absolute Gasteiger partial charge is 0.265 e. The number of amides is 1. The molecule has 1 N–H and O–H groups in total. The van der Waals surface area contributed by atoms with Crippen LogP contribution in [0.25, 0.3) is 0 Å². The predicted molar refractivity (Wildman–Crippen MR) is 108 cm³/mol. The van der Waals surface area contributed by atoms with E-state index in [1.807, 2.05) is 31.2 Å². The van der Waals surface area contributed by atoms with Gasteiger partial charge in [-0.2, -0.15) is 0 Å². The Bertz CT molecular complexity index is 814. The van der Waals surface area contributed by atoms with Crippen molar-refractivity contribution in [2.45, 2.75) is 44.8 Å². The van der Waals surface area contributed by atoms with Gasteiger partial charge in [-0.25, -0.2) is 0 Å². The molecule has 27 heavy (non-hydrogen) atoms. The summed E-state index contributed by atoms with van der Waals surface area (Å²) in [6.07, 6.45) is 2.61. The Kier molecular flexibility index (Phi) is 5.37. The molecule has 2 aliphatic heterocycles. The second kappa shape index (κ2) is 7.91. The summed E-state index contributed by atoms with van der Waals surface area (Å²) in [5.41, 5.74) is 3.38. The molecule has 2 aromatic carbocycles. The summed E-state index contributed by atoms with van der Waals surface area (Å²) in [5, 5.41) is 3.77. The molecule has 2 aromatic rings. The maximum absolute atomic E-state index is 12.0. The van der Waals surface area contributed by atoms with Crippen LogP contribution >= 0.6 is 11.6 Å². The Morgan fingerprint density at radius 1 is 1.15 bits per heavy atom. The van der Waals surface area contributed by atoms with Gasteiger partial charge in [0.05, 0.1) is 5.69 Å². The van der Waals surface area contributed by atoms with Crippen molar-refractivity contribution in [1.82, 2.24) is 4.90 Å². The number of ether oxygens (including phenoxy) is 1. The average molecular weight is 385 g/mol. The summed E-state index contributed by atoms with van der Waals surface area (Å²) in [7, 11) is 0. The first kappa shape index (κ1) is 18.3. The van der Waals surface area contributed by atoms with Crippen LogP contribution in [0.3, 0.4) is 0 Å². The van der Waals surface area contributed by atoms with Crippen LogP contribution in [0, 0.1) is 0 Å². The summed E-state index contributed by atoms with van der Waals surface area (Å²) in [6.45, 7) is 5.00. The predicted octanol–water partition coefficient (Wildman–Crippen LogP) is 4.83. The topological polar surface area (TPSA) is 41.6 Å². The van der Waals surface area contributed by atoms with E-state index in [9.17, 15) is 4.79 Å². The van der Waals surface area contributed by atoms with Crippen molar-refractivity contribution in [3.8, 4) is 5.75 Å². The van der Waals surface area contributed by atoms with Gasteiger partial charge in [0.2, 0.25) is 0 Å². The lowest BCUT2D eigenvalue weighted by atomic mass is 9.89. The van der Waals surface area contributed by atoms with E-state index in [1.165, 1.54) is 11.1 Å². The average Bonchev–Trinajstić information content (AvgIpc) is 2.69. The molecule has 0 aromatic heterocycles. The number of carbonyl (C=O) groups is 1. The summed E-state index contributed by atoms with van der Waals surface area (Å²) < 4.78 is 5.77. The fourth-order valence-electron chi connectivity index (χ4n) is 3.98. The highest BCUT2D eigenvalue weighted by Gasteiger charge is 2.26. The molecule has 0 aliphatic carbocycles. The lowest BCUT2D eigenvalue weighted by molar-refractivity contribution is -0.123. The lowest BCUT2D eigenvalue weighted by Crippen LogP contribution is -2.36. The van der Waals surface area contributed by atoms with Crippen LogP contribution in [0.5, 0.6) is 5.75 Å². The van der Waals surface area contributed by atoms with E-state index >= 15 is 0 Å². The van der Waals surface area contributed by atoms with Crippen LogP contribution in [0.15, 0.2) is 42.5 Å². The Labute approximate surface area is 165 Å². The zero-order valence-electron chi connectivity index (χ0n) is 15.6. The second-order valence-electron chi connectivity index (χ2n) is 7.44. The van der Waals surface area contributed by atoms with Crippen molar-refractivity contribution >= 4 is 23.2 Å². The zero-order valence-corrected chi connectivity index (χ0v) is 16.3. The van der Waals surface area contributed by atoms with Crippen LogP contribution in [0.1, 0.15) is 43.2 Å². The van der Waals surface area contributed by atoms with Crippen molar-refractivity contribution in [3.63, 3.8) is 0 Å². The molecule has 2 heterocycles. The molecule has 1 saturated heterocycles. The second-order valence-corrected chi connectivity index (χ2v) is 7.87. The highest BCUT2D eigenvalue weighted by Crippen LogP contribution is 2.33. The van der Waals surface area contributed by atoms with E-state index in [0.29, 0.717) is 12.3 Å². The van der Waals surface area contributed by atoms with E-state index < -0.39 is 0 Å². The van der Waals surface area contributed by atoms with Gasteiger partial charge in [0, 0.05) is 11.6 Å². The third kappa shape index (κ3) is 4.12. The molecule has 0 bridgehead atoms. The molecule has 1 unspecified atom stereocenters. The molecule has 142 valence electrons. The zero-order chi connectivity index (χ0) is 18.8. The Morgan fingerprint density at radius 2 is 1.89 bits per heavy atom. The van der Waals surface area contributed by atoms with E-state index in [0.717, 1.165) is 48.9 Å². The van der Waals surface area contributed by atoms with E-state index in [2.05, 4.69) is 28.4 Å². The molecule has 2 aliphatic rings. The van der Waals surface area contributed by atoms with Crippen LogP contribution in [0.4, 0.5) is 5.69 Å². The third-order valence-electron chi connectivity index (χ3n) is 5.57. The number of hydrogen-bond donors (Lipinski definition) is 1. The molecule has 4 rings (SSSR count). The van der Waals surface area contributed by atoms with Gasteiger partial charge in [-0.05, 0) is 73.7 Å². The normalized spacial score (nSPS) is 20.7. The standard InChI is InChI=1S/C22H25ClN2O2/c1-2-20-22(26)24-19-13-15(3-8-21(19)27-20)14-25-11-9-17(10-12-25)16-4-6-18(23)7-5-16/h3-8,13,17,20H,2,9-12,14H2,1H3,(H,24,26). The first-order valence-corrected chi connectivity index (χ1v) is 10.1. The van der Waals surface area contributed by atoms with Gasteiger partial charge >= 0.3 is 0 Å². The number of nitrogens with zero attached hydrogens (tertiary/aromatic N) is 1. The van der Waals surface area contributed by atoms with E-state index in [-0.39, 0.29) is 12.0 Å². The Hall–Kier alpha value is -2.04. The summed E-state index contributed by atoms with van der Waals surface area (Å²) >= 11 is 6.00. The molecule has 1 atom stereocenters. The molecule has 0 radical (unpaired) electrons. The van der Waals surface area contributed by atoms with Gasteiger partial charge in [-0.15, -0.1) is 0 Å². The molecular formula is C22H25ClN2O2. The van der Waals surface area contributed by atoms with Crippen molar-refractivity contribution in [2.24, 2.45) is 0 Å². The monoisotopic (exact) mass is 384 g/mol. The van der Waals surface area contributed by atoms with Crippen molar-refractivity contribution < 1.29 is 9.53 Å². The summed E-state index contributed by atoms with van der Waals surface area (Å²) in [5.74, 6) is 1.33. The fourth-order valence-corrected chi connectivity index (χ4v) is 4.11. The molecule has 0 saturated carbocycles. The lowest BCUT2D eigenvalue weighted by Gasteiger charge is -2.32. The quantitative estimate of drug-likeness (QED) is 0.820. The number of halogens is 1. The Balaban J connectivity index is 1.36. The minimum absolute atomic E-state index is 0.0501. The molecule has 1 amide bonds. The van der Waals surface area contributed by atoms with E-state index in [1.54, 1.807) is 0 Å². The maximum Gasteiger partial charge on any atom is 0.265 e. The molecule has 4 nitrogen and oxygen atoms in total. The van der Waals surface area contributed by atoms with Gasteiger partial charge in [-0.1, -0.05) is 36.7 Å². The number of likely N-dealkylation sites (tertiary alicyclic amines) is 1. The number of anilines is 1. The molecule has 1 fully saturated rings. The number of carbonyl (C=O) groups excluding carboxylic acids is 1. The third-order valence-corrected chi connectivity index (χ3v) is 5.82. The first-order valence-electron chi connectivity index (χ1n) is 9.70. The minimum atomic E-state index is -0.379. The number of rotatable bonds is 4. The van der Waals surface area contributed by atoms with Gasteiger partial charge in [0.15, 0.2) is 6.10 Å². The maximum atomic E-state index is 12.0. The molecular weight excluding hydrogens is 360 g/mol. The van der Waals surface area contributed by atoms with E-state index in [4.69, 9.17) is 16.3 Å². The number of benzene rings is 2. The number of fused-ring (bicyclic) bond motifs is 1. The molecule has 0 spiro atoms. The molecule has 5 heteroatoms. The highest BCUT2D eigenvalue weighted by atomic mass is 35.5. The highest BCUT2D eigenvalue weighted by molar-refractivity contribution is 6.30. The number of piperidine rings is 1. The summed E-state index contributed by atoms with van der Waals surface area (Å²) in [4.78, 5) is 14.5. The van der Waals surface area contributed by atoms with Crippen LogP contribution in [0.2, 0.25) is 5.02 Å². The fraction of sp³-hybridized carbons (Fsp3) is 0.409. The number of hydrogen-bond acceptors (Lipinski definition) is 3.